The van der Waals surface area contributed by atoms with Gasteiger partial charge in [-0.25, -0.2) is 0 Å². The summed E-state index contributed by atoms with van der Waals surface area (Å²) in [4.78, 5) is 61.4. The van der Waals surface area contributed by atoms with E-state index in [1.165, 1.54) is 19.1 Å². The van der Waals surface area contributed by atoms with E-state index in [4.69, 9.17) is 9.84 Å². The standard InChI is InChI=1S/C24H32N4O7/c1-15(2)22(27-19(30)10-12-35-13-11-28-20(31)8-9-21(28)32)24(34)25-16(3)23(33)26-18-6-4-17(14-29)5-7-18/h4-9,15-16,22,29H,10-14H2,1-3H3,(H,25,34)(H,26,33)(H,27,30)/t16-,22-/m0/s1. The van der Waals surface area contributed by atoms with Gasteiger partial charge >= 0.3 is 0 Å². The number of benzene rings is 1. The Morgan fingerprint density at radius 1 is 0.943 bits per heavy atom. The van der Waals surface area contributed by atoms with Gasteiger partial charge in [-0.05, 0) is 30.5 Å². The number of anilines is 1. The van der Waals surface area contributed by atoms with Crippen LogP contribution in [0.25, 0.3) is 0 Å². The van der Waals surface area contributed by atoms with Crippen molar-refractivity contribution >= 4 is 35.2 Å². The second-order valence-corrected chi connectivity index (χ2v) is 8.39. The Morgan fingerprint density at radius 3 is 2.14 bits per heavy atom. The number of carbonyl (C=O) groups is 5. The Kier molecular flexibility index (Phi) is 10.6. The van der Waals surface area contributed by atoms with Gasteiger partial charge in [0.1, 0.15) is 12.1 Å². The summed E-state index contributed by atoms with van der Waals surface area (Å²) in [5, 5.41) is 17.0. The lowest BCUT2D eigenvalue weighted by Gasteiger charge is -2.24. The quantitative estimate of drug-likeness (QED) is 0.227. The molecule has 0 saturated heterocycles. The van der Waals surface area contributed by atoms with E-state index in [0.717, 1.165) is 4.90 Å². The van der Waals surface area contributed by atoms with Crippen molar-refractivity contribution in [2.45, 2.75) is 45.9 Å². The fourth-order valence-corrected chi connectivity index (χ4v) is 3.17. The Bertz CT molecular complexity index is 941. The molecule has 0 aliphatic carbocycles. The highest BCUT2D eigenvalue weighted by atomic mass is 16.5. The Hall–Kier alpha value is -3.57. The van der Waals surface area contributed by atoms with E-state index in [9.17, 15) is 24.0 Å². The number of nitrogens with one attached hydrogen (secondary N) is 3. The molecule has 1 aliphatic heterocycles. The van der Waals surface area contributed by atoms with Gasteiger partial charge in [-0.2, -0.15) is 0 Å². The number of hydrogen-bond donors (Lipinski definition) is 4. The normalized spacial score (nSPS) is 14.7. The van der Waals surface area contributed by atoms with E-state index in [1.807, 2.05) is 0 Å². The van der Waals surface area contributed by atoms with Crippen molar-refractivity contribution in [2.75, 3.05) is 25.1 Å². The van der Waals surface area contributed by atoms with E-state index >= 15 is 0 Å². The SMILES string of the molecule is CC(C)[C@H](NC(=O)CCOCCN1C(=O)C=CC1=O)C(=O)N[C@@H](C)C(=O)Nc1ccc(CO)cc1. The van der Waals surface area contributed by atoms with Crippen molar-refractivity contribution in [3.05, 3.63) is 42.0 Å². The van der Waals surface area contributed by atoms with Crippen LogP contribution in [-0.4, -0.2) is 71.4 Å². The van der Waals surface area contributed by atoms with Crippen molar-refractivity contribution in [1.82, 2.24) is 15.5 Å². The zero-order valence-corrected chi connectivity index (χ0v) is 20.1. The van der Waals surface area contributed by atoms with Crippen LogP contribution < -0.4 is 16.0 Å². The maximum Gasteiger partial charge on any atom is 0.253 e. The van der Waals surface area contributed by atoms with Crippen molar-refractivity contribution in [3.8, 4) is 0 Å². The zero-order chi connectivity index (χ0) is 26.0. The third-order valence-corrected chi connectivity index (χ3v) is 5.25. The molecular formula is C24H32N4O7. The molecule has 5 amide bonds. The highest BCUT2D eigenvalue weighted by Crippen LogP contribution is 2.10. The minimum absolute atomic E-state index is 0.0173. The topological polar surface area (TPSA) is 154 Å². The van der Waals surface area contributed by atoms with Crippen molar-refractivity contribution < 1.29 is 33.8 Å². The molecule has 2 rings (SSSR count). The smallest absolute Gasteiger partial charge is 0.253 e. The van der Waals surface area contributed by atoms with Gasteiger partial charge < -0.3 is 25.8 Å². The highest BCUT2D eigenvalue weighted by Gasteiger charge is 2.27. The van der Waals surface area contributed by atoms with Crippen LogP contribution in [0.1, 0.15) is 32.8 Å². The summed E-state index contributed by atoms with van der Waals surface area (Å²) in [6.45, 7) is 5.21. The zero-order valence-electron chi connectivity index (χ0n) is 20.1. The van der Waals surface area contributed by atoms with Gasteiger partial charge in [0.2, 0.25) is 17.7 Å². The van der Waals surface area contributed by atoms with Gasteiger partial charge in [-0.1, -0.05) is 26.0 Å². The lowest BCUT2D eigenvalue weighted by atomic mass is 10.0. The molecule has 11 heteroatoms. The number of hydrogen-bond acceptors (Lipinski definition) is 7. The largest absolute Gasteiger partial charge is 0.392 e. The number of nitrogens with zero attached hydrogens (tertiary/aromatic N) is 1. The maximum absolute atomic E-state index is 12.7. The van der Waals surface area contributed by atoms with Crippen molar-refractivity contribution in [3.63, 3.8) is 0 Å². The van der Waals surface area contributed by atoms with Crippen LogP contribution in [0.3, 0.4) is 0 Å². The Morgan fingerprint density at radius 2 is 1.57 bits per heavy atom. The average Bonchev–Trinajstić information content (AvgIpc) is 3.14. The predicted molar refractivity (Wildman–Crippen MR) is 127 cm³/mol. The van der Waals surface area contributed by atoms with Crippen LogP contribution in [0.5, 0.6) is 0 Å². The fourth-order valence-electron chi connectivity index (χ4n) is 3.17. The first-order valence-corrected chi connectivity index (χ1v) is 11.3. The summed E-state index contributed by atoms with van der Waals surface area (Å²) in [5.41, 5.74) is 1.23. The van der Waals surface area contributed by atoms with Gasteiger partial charge in [0.15, 0.2) is 0 Å². The second-order valence-electron chi connectivity index (χ2n) is 8.39. The third-order valence-electron chi connectivity index (χ3n) is 5.25. The molecule has 1 aromatic carbocycles. The van der Waals surface area contributed by atoms with Crippen LogP contribution >= 0.6 is 0 Å². The number of ether oxygens (including phenoxy) is 1. The number of imide groups is 1. The van der Waals surface area contributed by atoms with Crippen molar-refractivity contribution in [1.29, 1.82) is 0 Å². The molecule has 35 heavy (non-hydrogen) atoms. The average molecular weight is 489 g/mol. The minimum atomic E-state index is -0.855. The Balaban J connectivity index is 1.75. The predicted octanol–water partition coefficient (Wildman–Crippen LogP) is 0.0946. The summed E-state index contributed by atoms with van der Waals surface area (Å²) < 4.78 is 5.33. The second kappa shape index (κ2) is 13.4. The van der Waals surface area contributed by atoms with Gasteiger partial charge in [-0.3, -0.25) is 28.9 Å². The van der Waals surface area contributed by atoms with E-state index in [-0.39, 0.29) is 38.7 Å². The fraction of sp³-hybridized carbons (Fsp3) is 0.458. The summed E-state index contributed by atoms with van der Waals surface area (Å²) in [7, 11) is 0. The molecule has 0 bridgehead atoms. The summed E-state index contributed by atoms with van der Waals surface area (Å²) in [6, 6.07) is 4.94. The van der Waals surface area contributed by atoms with Crippen LogP contribution in [0.2, 0.25) is 0 Å². The first-order chi connectivity index (χ1) is 16.6. The number of carbonyl (C=O) groups excluding carboxylic acids is 5. The lowest BCUT2D eigenvalue weighted by molar-refractivity contribution is -0.138. The molecular weight excluding hydrogens is 456 g/mol. The number of amides is 5. The number of aliphatic hydroxyl groups excluding tert-OH is 1. The van der Waals surface area contributed by atoms with E-state index in [1.54, 1.807) is 38.1 Å². The molecule has 2 atom stereocenters. The van der Waals surface area contributed by atoms with Gasteiger partial charge in [0.05, 0.1) is 26.4 Å². The monoisotopic (exact) mass is 488 g/mol. The molecule has 0 aromatic heterocycles. The molecule has 1 aliphatic rings. The van der Waals surface area contributed by atoms with Crippen LogP contribution in [0.4, 0.5) is 5.69 Å². The van der Waals surface area contributed by atoms with E-state index in [0.29, 0.717) is 11.3 Å². The summed E-state index contributed by atoms with van der Waals surface area (Å²) in [5.74, 6) is -2.36. The molecule has 0 fully saturated rings. The van der Waals surface area contributed by atoms with Gasteiger partial charge in [0.25, 0.3) is 11.8 Å². The molecule has 0 unspecified atom stereocenters. The number of aliphatic hydroxyl groups is 1. The van der Waals surface area contributed by atoms with Crippen LogP contribution in [0.15, 0.2) is 36.4 Å². The van der Waals surface area contributed by atoms with Crippen LogP contribution in [-0.2, 0) is 35.3 Å². The molecule has 11 nitrogen and oxygen atoms in total. The molecule has 190 valence electrons. The number of rotatable bonds is 13. The van der Waals surface area contributed by atoms with Crippen LogP contribution in [0, 0.1) is 5.92 Å². The first kappa shape index (κ1) is 27.7. The molecule has 0 saturated carbocycles. The Labute approximate surface area is 203 Å². The van der Waals surface area contributed by atoms with Gasteiger partial charge in [0, 0.05) is 24.3 Å². The summed E-state index contributed by atoms with van der Waals surface area (Å²) in [6.07, 6.45) is 2.36. The molecule has 0 spiro atoms. The van der Waals surface area contributed by atoms with E-state index < -0.39 is 41.6 Å². The molecule has 0 radical (unpaired) electrons. The lowest BCUT2D eigenvalue weighted by Crippen LogP contribution is -2.53. The highest BCUT2D eigenvalue weighted by molar-refractivity contribution is 6.12. The molecule has 4 N–H and O–H groups in total. The first-order valence-electron chi connectivity index (χ1n) is 11.3. The molecule has 1 aromatic rings. The minimum Gasteiger partial charge on any atom is -0.392 e. The van der Waals surface area contributed by atoms with Gasteiger partial charge in [-0.15, -0.1) is 0 Å². The van der Waals surface area contributed by atoms with E-state index in [2.05, 4.69) is 16.0 Å². The molecule has 1 heterocycles. The maximum atomic E-state index is 12.7. The van der Waals surface area contributed by atoms with Crippen molar-refractivity contribution in [2.24, 2.45) is 5.92 Å². The third kappa shape index (κ3) is 8.62. The summed E-state index contributed by atoms with van der Waals surface area (Å²) >= 11 is 0.